The molecule has 2 unspecified atom stereocenters. The van der Waals surface area contributed by atoms with Gasteiger partial charge in [-0.05, 0) is 38.0 Å². The maximum Gasteiger partial charge on any atom is 0.244 e. The van der Waals surface area contributed by atoms with E-state index in [-0.39, 0.29) is 6.10 Å². The van der Waals surface area contributed by atoms with Crippen LogP contribution >= 0.6 is 17.9 Å². The van der Waals surface area contributed by atoms with Crippen molar-refractivity contribution in [3.05, 3.63) is 0 Å². The summed E-state index contributed by atoms with van der Waals surface area (Å²) in [6.07, 6.45) is 4.90. The molecule has 0 aromatic rings. The number of hydrogen-bond acceptors (Lipinski definition) is 3. The molecule has 0 bridgehead atoms. The van der Waals surface area contributed by atoms with Crippen LogP contribution < -0.4 is 0 Å². The highest BCUT2D eigenvalue weighted by atomic mass is 32.9. The standard InChI is InChI=1S/C11H25O2PS2/c1-5-7-8-11(6-2)9-12-14(15,16)13-10(3)4/h10-11H,5-9H2,1-4H3,(H,15,16). The molecule has 0 fully saturated rings. The first kappa shape index (κ1) is 16.9. The SMILES string of the molecule is CCCCC(CC)COP(=S)(S)OC(C)C. The van der Waals surface area contributed by atoms with Crippen LogP contribution in [0.5, 0.6) is 0 Å². The van der Waals surface area contributed by atoms with Gasteiger partial charge in [0, 0.05) is 0 Å². The monoisotopic (exact) mass is 284 g/mol. The minimum Gasteiger partial charge on any atom is -0.322 e. The van der Waals surface area contributed by atoms with Crippen LogP contribution in [0.4, 0.5) is 0 Å². The summed E-state index contributed by atoms with van der Waals surface area (Å²) < 4.78 is 11.2. The molecule has 2 atom stereocenters. The molecule has 0 aromatic carbocycles. The van der Waals surface area contributed by atoms with E-state index in [4.69, 9.17) is 20.9 Å². The molecule has 2 nitrogen and oxygen atoms in total. The summed E-state index contributed by atoms with van der Waals surface area (Å²) in [6.45, 7) is 8.99. The van der Waals surface area contributed by atoms with Crippen molar-refractivity contribution < 1.29 is 9.05 Å². The van der Waals surface area contributed by atoms with Gasteiger partial charge in [-0.25, -0.2) is 0 Å². The van der Waals surface area contributed by atoms with Gasteiger partial charge in [0.1, 0.15) is 0 Å². The fourth-order valence-electron chi connectivity index (χ4n) is 1.39. The Balaban J connectivity index is 3.94. The fourth-order valence-corrected chi connectivity index (χ4v) is 3.85. The number of unbranched alkanes of at least 4 members (excludes halogenated alkanes) is 1. The summed E-state index contributed by atoms with van der Waals surface area (Å²) in [6, 6.07) is 0. The lowest BCUT2D eigenvalue weighted by atomic mass is 10.0. The van der Waals surface area contributed by atoms with Crippen molar-refractivity contribution in [2.45, 2.75) is 59.5 Å². The maximum absolute atomic E-state index is 5.66. The van der Waals surface area contributed by atoms with Gasteiger partial charge in [0.25, 0.3) is 0 Å². The van der Waals surface area contributed by atoms with Gasteiger partial charge in [0.15, 0.2) is 0 Å². The molecule has 16 heavy (non-hydrogen) atoms. The lowest BCUT2D eigenvalue weighted by Gasteiger charge is -2.22. The Morgan fingerprint density at radius 2 is 1.94 bits per heavy atom. The molecule has 0 N–H and O–H groups in total. The van der Waals surface area contributed by atoms with Gasteiger partial charge in [-0.3, -0.25) is 0 Å². The average Bonchev–Trinajstić information content (AvgIpc) is 2.16. The molecule has 0 aromatic heterocycles. The molecule has 0 amide bonds. The van der Waals surface area contributed by atoms with Crippen LogP contribution in [0.25, 0.3) is 0 Å². The summed E-state index contributed by atoms with van der Waals surface area (Å²) in [4.78, 5) is 0. The molecule has 0 aliphatic carbocycles. The van der Waals surface area contributed by atoms with Crippen LogP contribution in [-0.2, 0) is 20.9 Å². The summed E-state index contributed by atoms with van der Waals surface area (Å²) in [5.74, 6) is 0.588. The molecule has 0 heterocycles. The lowest BCUT2D eigenvalue weighted by molar-refractivity contribution is 0.187. The van der Waals surface area contributed by atoms with E-state index in [0.29, 0.717) is 12.5 Å². The molecule has 5 heteroatoms. The van der Waals surface area contributed by atoms with E-state index in [9.17, 15) is 0 Å². The molecular formula is C11H25O2PS2. The second kappa shape index (κ2) is 8.93. The van der Waals surface area contributed by atoms with Gasteiger partial charge < -0.3 is 9.05 Å². The van der Waals surface area contributed by atoms with E-state index < -0.39 is 5.69 Å². The van der Waals surface area contributed by atoms with Gasteiger partial charge in [-0.15, -0.1) is 0 Å². The van der Waals surface area contributed by atoms with Crippen molar-refractivity contribution in [3.8, 4) is 0 Å². The molecule has 0 spiro atoms. The molecule has 0 rings (SSSR count). The van der Waals surface area contributed by atoms with Crippen LogP contribution in [0, 0.1) is 5.92 Å². The Morgan fingerprint density at radius 1 is 1.31 bits per heavy atom. The summed E-state index contributed by atoms with van der Waals surface area (Å²) in [5.41, 5.74) is -2.32. The molecule has 0 saturated carbocycles. The molecular weight excluding hydrogens is 259 g/mol. The van der Waals surface area contributed by atoms with E-state index >= 15 is 0 Å². The van der Waals surface area contributed by atoms with E-state index in [1.54, 1.807) is 0 Å². The van der Waals surface area contributed by atoms with Crippen molar-refractivity contribution in [2.75, 3.05) is 6.61 Å². The normalized spacial score (nSPS) is 17.4. The van der Waals surface area contributed by atoms with E-state index in [0.717, 1.165) is 6.42 Å². The molecule has 0 saturated heterocycles. The summed E-state index contributed by atoms with van der Waals surface area (Å²) in [7, 11) is 0. The zero-order valence-electron chi connectivity index (χ0n) is 10.8. The minimum absolute atomic E-state index is 0.0825. The predicted molar refractivity (Wildman–Crippen MR) is 78.8 cm³/mol. The van der Waals surface area contributed by atoms with Crippen LogP contribution in [0.1, 0.15) is 53.4 Å². The molecule has 0 aliphatic heterocycles. The topological polar surface area (TPSA) is 18.5 Å². The fraction of sp³-hybridized carbons (Fsp3) is 1.00. The van der Waals surface area contributed by atoms with Crippen LogP contribution in [0.3, 0.4) is 0 Å². The number of rotatable bonds is 9. The quantitative estimate of drug-likeness (QED) is 0.484. The van der Waals surface area contributed by atoms with E-state index in [2.05, 4.69) is 26.1 Å². The first-order valence-corrected chi connectivity index (χ1v) is 9.86. The first-order chi connectivity index (χ1) is 7.41. The Hall–Kier alpha value is 0.920. The molecule has 98 valence electrons. The summed E-state index contributed by atoms with van der Waals surface area (Å²) >= 11 is 9.54. The van der Waals surface area contributed by atoms with Crippen molar-refractivity contribution >= 4 is 29.7 Å². The number of thiol groups is 1. The van der Waals surface area contributed by atoms with Gasteiger partial charge in [-0.1, -0.05) is 45.4 Å². The Morgan fingerprint density at radius 3 is 2.38 bits per heavy atom. The predicted octanol–water partition coefficient (Wildman–Crippen LogP) is 4.80. The smallest absolute Gasteiger partial charge is 0.244 e. The van der Waals surface area contributed by atoms with Crippen LogP contribution in [-0.4, -0.2) is 12.7 Å². The highest BCUT2D eigenvalue weighted by Gasteiger charge is 2.17. The third-order valence-corrected chi connectivity index (χ3v) is 4.73. The number of hydrogen-bond donors (Lipinski definition) is 1. The van der Waals surface area contributed by atoms with Gasteiger partial charge in [-0.2, -0.15) is 0 Å². The van der Waals surface area contributed by atoms with Gasteiger partial charge >= 0.3 is 0 Å². The third kappa shape index (κ3) is 9.00. The zero-order chi connectivity index (χ0) is 12.6. The second-order valence-electron chi connectivity index (χ2n) is 4.33. The molecule has 0 aliphatic rings. The van der Waals surface area contributed by atoms with Crippen molar-refractivity contribution in [2.24, 2.45) is 5.92 Å². The Kier molecular flexibility index (Phi) is 9.44. The lowest BCUT2D eigenvalue weighted by Crippen LogP contribution is -2.08. The van der Waals surface area contributed by atoms with Crippen molar-refractivity contribution in [1.29, 1.82) is 0 Å². The van der Waals surface area contributed by atoms with Crippen LogP contribution in [0.2, 0.25) is 0 Å². The maximum atomic E-state index is 5.66. The summed E-state index contributed by atoms with van der Waals surface area (Å²) in [5, 5.41) is 0. The third-order valence-electron chi connectivity index (χ3n) is 2.36. The van der Waals surface area contributed by atoms with Crippen molar-refractivity contribution in [1.82, 2.24) is 0 Å². The highest BCUT2D eigenvalue weighted by Crippen LogP contribution is 2.54. The average molecular weight is 284 g/mol. The Bertz CT molecular complexity index is 222. The van der Waals surface area contributed by atoms with Gasteiger partial charge in [0.2, 0.25) is 5.69 Å². The largest absolute Gasteiger partial charge is 0.322 e. The zero-order valence-corrected chi connectivity index (χ0v) is 13.4. The minimum atomic E-state index is -2.32. The van der Waals surface area contributed by atoms with E-state index in [1.165, 1.54) is 19.3 Å². The van der Waals surface area contributed by atoms with Gasteiger partial charge in [0.05, 0.1) is 12.7 Å². The first-order valence-electron chi connectivity index (χ1n) is 6.07. The van der Waals surface area contributed by atoms with E-state index in [1.807, 2.05) is 13.8 Å². The molecule has 0 radical (unpaired) electrons. The van der Waals surface area contributed by atoms with Crippen LogP contribution in [0.15, 0.2) is 0 Å². The second-order valence-corrected chi connectivity index (χ2v) is 9.57. The van der Waals surface area contributed by atoms with Crippen molar-refractivity contribution in [3.63, 3.8) is 0 Å². The highest BCUT2D eigenvalue weighted by molar-refractivity contribution is 8.60. The Labute approximate surface area is 111 Å².